The number of Topliss-reactive ketones (excluding diaryl/α,β-unsaturated/α-hetero) is 2. The number of halogens is 1. The van der Waals surface area contributed by atoms with Crippen molar-refractivity contribution in [3.63, 3.8) is 0 Å². The topological polar surface area (TPSA) is 34.1 Å². The van der Waals surface area contributed by atoms with E-state index >= 15 is 0 Å². The fourth-order valence-electron chi connectivity index (χ4n) is 1.79. The van der Waals surface area contributed by atoms with E-state index in [-0.39, 0.29) is 23.0 Å². The van der Waals surface area contributed by atoms with Crippen LogP contribution in [0.15, 0.2) is 40.1 Å². The Labute approximate surface area is 109 Å². The second kappa shape index (κ2) is 5.96. The molecule has 0 aliphatic heterocycles. The van der Waals surface area contributed by atoms with Crippen molar-refractivity contribution in [3.05, 3.63) is 41.1 Å². The molecule has 0 amide bonds. The van der Waals surface area contributed by atoms with Crippen LogP contribution >= 0.6 is 11.8 Å². The Morgan fingerprint density at radius 3 is 2.28 bits per heavy atom. The summed E-state index contributed by atoms with van der Waals surface area (Å²) in [5.41, 5.74) is 0.223. The highest BCUT2D eigenvalue weighted by atomic mass is 32.2. The Hall–Kier alpha value is -1.42. The van der Waals surface area contributed by atoms with Gasteiger partial charge in [-0.2, -0.15) is 0 Å². The number of allylic oxidation sites excluding steroid dienone is 1. The number of carbonyl (C=O) groups excluding carboxylic acids is 2. The summed E-state index contributed by atoms with van der Waals surface area (Å²) in [6, 6.07) is 6.31. The Balaban J connectivity index is 2.19. The fourth-order valence-corrected chi connectivity index (χ4v) is 2.64. The Bertz CT molecular complexity index is 488. The van der Waals surface area contributed by atoms with Gasteiger partial charge < -0.3 is 0 Å². The van der Waals surface area contributed by atoms with Gasteiger partial charge in [-0.15, -0.1) is 0 Å². The van der Waals surface area contributed by atoms with E-state index in [1.807, 2.05) is 0 Å². The van der Waals surface area contributed by atoms with E-state index in [2.05, 4.69) is 0 Å². The van der Waals surface area contributed by atoms with E-state index in [4.69, 9.17) is 0 Å². The summed E-state index contributed by atoms with van der Waals surface area (Å²) < 4.78 is 13.4. The molecule has 0 aromatic heterocycles. The van der Waals surface area contributed by atoms with Crippen LogP contribution in [-0.4, -0.2) is 11.6 Å². The average molecular weight is 264 g/mol. The highest BCUT2D eigenvalue weighted by Gasteiger charge is 2.21. The van der Waals surface area contributed by atoms with Gasteiger partial charge in [-0.05, 0) is 30.4 Å². The molecular formula is C14H13FO2S. The Morgan fingerprint density at radius 2 is 1.67 bits per heavy atom. The maximum atomic E-state index is 13.4. The fraction of sp³-hybridized carbons (Fsp3) is 0.286. The van der Waals surface area contributed by atoms with Gasteiger partial charge in [0.25, 0.3) is 0 Å². The molecule has 0 heterocycles. The van der Waals surface area contributed by atoms with Crippen molar-refractivity contribution < 1.29 is 14.0 Å². The molecule has 0 atom stereocenters. The molecule has 1 aliphatic carbocycles. The van der Waals surface area contributed by atoms with Crippen LogP contribution in [0.1, 0.15) is 25.7 Å². The van der Waals surface area contributed by atoms with Crippen LogP contribution in [-0.2, 0) is 9.59 Å². The third-order valence-electron chi connectivity index (χ3n) is 2.80. The van der Waals surface area contributed by atoms with Gasteiger partial charge in [-0.3, -0.25) is 9.59 Å². The number of thioether (sulfide) groups is 1. The summed E-state index contributed by atoms with van der Waals surface area (Å²) in [6.45, 7) is 0. The van der Waals surface area contributed by atoms with Crippen LogP contribution in [0.3, 0.4) is 0 Å². The van der Waals surface area contributed by atoms with Crippen molar-refractivity contribution in [1.82, 2.24) is 0 Å². The predicted octanol–water partition coefficient (Wildman–Crippen LogP) is 3.51. The van der Waals surface area contributed by atoms with Gasteiger partial charge in [0.1, 0.15) is 5.82 Å². The predicted molar refractivity (Wildman–Crippen MR) is 68.8 cm³/mol. The molecule has 1 fully saturated rings. The molecule has 1 aromatic carbocycles. The summed E-state index contributed by atoms with van der Waals surface area (Å²) in [5, 5.41) is 1.49. The third kappa shape index (κ3) is 3.07. The third-order valence-corrected chi connectivity index (χ3v) is 3.74. The molecule has 4 heteroatoms. The molecule has 1 aliphatic rings. The standard InChI is InChI=1S/C14H13FO2S/c15-11-5-1-4-8-14(11)18-9-10-12(16)6-2-3-7-13(10)17/h1,4-5,8-9H,2-3,6-7H2. The largest absolute Gasteiger partial charge is 0.294 e. The Kier molecular flexibility index (Phi) is 4.31. The van der Waals surface area contributed by atoms with Crippen molar-refractivity contribution in [3.8, 4) is 0 Å². The van der Waals surface area contributed by atoms with Crippen molar-refractivity contribution in [2.24, 2.45) is 0 Å². The minimum absolute atomic E-state index is 0.124. The summed E-state index contributed by atoms with van der Waals surface area (Å²) in [4.78, 5) is 23.9. The minimum atomic E-state index is -0.340. The first-order chi connectivity index (χ1) is 8.68. The van der Waals surface area contributed by atoms with Gasteiger partial charge in [-0.25, -0.2) is 4.39 Å². The number of carbonyl (C=O) groups is 2. The molecular weight excluding hydrogens is 251 g/mol. The summed E-state index contributed by atoms with van der Waals surface area (Å²) >= 11 is 1.09. The lowest BCUT2D eigenvalue weighted by Gasteiger charge is -2.01. The normalized spacial score (nSPS) is 16.6. The lowest BCUT2D eigenvalue weighted by atomic mass is 10.1. The molecule has 1 saturated carbocycles. The molecule has 0 N–H and O–H groups in total. The van der Waals surface area contributed by atoms with Gasteiger partial charge >= 0.3 is 0 Å². The second-order valence-corrected chi connectivity index (χ2v) is 5.04. The molecule has 0 spiro atoms. The molecule has 0 saturated heterocycles. The van der Waals surface area contributed by atoms with Crippen molar-refractivity contribution in [1.29, 1.82) is 0 Å². The zero-order valence-corrected chi connectivity index (χ0v) is 10.6. The number of hydrogen-bond donors (Lipinski definition) is 0. The van der Waals surface area contributed by atoms with Crippen molar-refractivity contribution in [2.45, 2.75) is 30.6 Å². The van der Waals surface area contributed by atoms with Crippen LogP contribution in [0.5, 0.6) is 0 Å². The van der Waals surface area contributed by atoms with E-state index < -0.39 is 0 Å². The summed E-state index contributed by atoms with van der Waals surface area (Å²) in [6.07, 6.45) is 2.34. The van der Waals surface area contributed by atoms with E-state index in [0.717, 1.165) is 24.6 Å². The summed E-state index contributed by atoms with van der Waals surface area (Å²) in [5.74, 6) is -0.587. The minimum Gasteiger partial charge on any atom is -0.294 e. The van der Waals surface area contributed by atoms with Crippen LogP contribution < -0.4 is 0 Å². The molecule has 18 heavy (non-hydrogen) atoms. The van der Waals surface area contributed by atoms with Gasteiger partial charge in [0.2, 0.25) is 0 Å². The van der Waals surface area contributed by atoms with Crippen molar-refractivity contribution >= 4 is 23.3 Å². The van der Waals surface area contributed by atoms with Crippen LogP contribution in [0.25, 0.3) is 0 Å². The first kappa shape index (κ1) is 13.0. The highest BCUT2D eigenvalue weighted by Crippen LogP contribution is 2.26. The molecule has 2 nitrogen and oxygen atoms in total. The van der Waals surface area contributed by atoms with E-state index in [1.54, 1.807) is 18.2 Å². The molecule has 2 rings (SSSR count). The first-order valence-electron chi connectivity index (χ1n) is 5.86. The zero-order valence-electron chi connectivity index (χ0n) is 9.82. The average Bonchev–Trinajstić information content (AvgIpc) is 2.51. The van der Waals surface area contributed by atoms with E-state index in [1.165, 1.54) is 11.5 Å². The highest BCUT2D eigenvalue weighted by molar-refractivity contribution is 8.02. The number of benzene rings is 1. The molecule has 0 unspecified atom stereocenters. The SMILES string of the molecule is O=C1CCCCC(=O)C1=CSc1ccccc1F. The van der Waals surface area contributed by atoms with Gasteiger partial charge in [0.15, 0.2) is 11.6 Å². The summed E-state index contributed by atoms with van der Waals surface area (Å²) in [7, 11) is 0. The lowest BCUT2D eigenvalue weighted by Crippen LogP contribution is -2.08. The quantitative estimate of drug-likeness (QED) is 0.355. The smallest absolute Gasteiger partial charge is 0.166 e. The number of ketones is 2. The van der Waals surface area contributed by atoms with Gasteiger partial charge in [0.05, 0.1) is 5.57 Å². The molecule has 1 aromatic rings. The number of hydrogen-bond acceptors (Lipinski definition) is 3. The maximum absolute atomic E-state index is 13.4. The van der Waals surface area contributed by atoms with Gasteiger partial charge in [-0.1, -0.05) is 23.9 Å². The zero-order chi connectivity index (χ0) is 13.0. The van der Waals surface area contributed by atoms with Crippen LogP contribution in [0.4, 0.5) is 4.39 Å². The number of rotatable bonds is 2. The maximum Gasteiger partial charge on any atom is 0.166 e. The monoisotopic (exact) mass is 264 g/mol. The van der Waals surface area contributed by atoms with E-state index in [9.17, 15) is 14.0 Å². The van der Waals surface area contributed by atoms with Crippen LogP contribution in [0, 0.1) is 5.82 Å². The molecule has 94 valence electrons. The molecule has 0 radical (unpaired) electrons. The lowest BCUT2D eigenvalue weighted by molar-refractivity contribution is -0.120. The Morgan fingerprint density at radius 1 is 1.06 bits per heavy atom. The van der Waals surface area contributed by atoms with E-state index in [0.29, 0.717) is 17.7 Å². The second-order valence-electron chi connectivity index (χ2n) is 4.13. The van der Waals surface area contributed by atoms with Crippen LogP contribution in [0.2, 0.25) is 0 Å². The van der Waals surface area contributed by atoms with Gasteiger partial charge in [0, 0.05) is 17.7 Å². The first-order valence-corrected chi connectivity index (χ1v) is 6.74. The molecule has 0 bridgehead atoms. The van der Waals surface area contributed by atoms with Crippen molar-refractivity contribution in [2.75, 3.05) is 0 Å².